The molecule has 1 aliphatic rings. The first-order chi connectivity index (χ1) is 13.6. The van der Waals surface area contributed by atoms with Gasteiger partial charge in [-0.05, 0) is 56.5 Å². The fraction of sp³-hybridized carbons (Fsp3) is 0.435. The van der Waals surface area contributed by atoms with Crippen molar-refractivity contribution in [2.75, 3.05) is 20.1 Å². The number of halogens is 1. The van der Waals surface area contributed by atoms with Crippen molar-refractivity contribution in [2.24, 2.45) is 4.99 Å². The van der Waals surface area contributed by atoms with Gasteiger partial charge in [0.15, 0.2) is 5.96 Å². The summed E-state index contributed by atoms with van der Waals surface area (Å²) in [6.45, 7) is 7.53. The summed E-state index contributed by atoms with van der Waals surface area (Å²) < 4.78 is 5.92. The van der Waals surface area contributed by atoms with Crippen LogP contribution >= 0.6 is 24.0 Å². The van der Waals surface area contributed by atoms with Crippen LogP contribution in [-0.2, 0) is 6.54 Å². The number of nitrogens with zero attached hydrogens (tertiary/aromatic N) is 2. The second-order valence-corrected chi connectivity index (χ2v) is 7.54. The van der Waals surface area contributed by atoms with Crippen LogP contribution in [0.15, 0.2) is 59.6 Å². The molecule has 1 aliphatic heterocycles. The lowest BCUT2D eigenvalue weighted by Gasteiger charge is -2.35. The zero-order chi connectivity index (χ0) is 19.8. The van der Waals surface area contributed by atoms with Gasteiger partial charge in [-0.15, -0.1) is 24.0 Å². The van der Waals surface area contributed by atoms with E-state index in [4.69, 9.17) is 4.74 Å². The number of hydrogen-bond donors (Lipinski definition) is 2. The van der Waals surface area contributed by atoms with Crippen LogP contribution in [-0.4, -0.2) is 43.1 Å². The van der Waals surface area contributed by atoms with Gasteiger partial charge in [-0.1, -0.05) is 30.3 Å². The lowest BCUT2D eigenvalue weighted by molar-refractivity contribution is 0.167. The van der Waals surface area contributed by atoms with Gasteiger partial charge in [-0.25, -0.2) is 0 Å². The summed E-state index contributed by atoms with van der Waals surface area (Å²) in [7, 11) is 1.83. The smallest absolute Gasteiger partial charge is 0.191 e. The average Bonchev–Trinajstić information content (AvgIpc) is 2.72. The molecule has 0 aromatic heterocycles. The van der Waals surface area contributed by atoms with Crippen LogP contribution in [0.5, 0.6) is 11.5 Å². The molecule has 0 spiro atoms. The summed E-state index contributed by atoms with van der Waals surface area (Å²) in [5, 5.41) is 7.00. The van der Waals surface area contributed by atoms with Crippen molar-refractivity contribution in [3.05, 3.63) is 60.2 Å². The summed E-state index contributed by atoms with van der Waals surface area (Å²) >= 11 is 0. The Kier molecular flexibility index (Phi) is 9.73. The van der Waals surface area contributed by atoms with Crippen LogP contribution in [0.25, 0.3) is 0 Å². The molecule has 0 saturated carbocycles. The van der Waals surface area contributed by atoms with Gasteiger partial charge in [-0.3, -0.25) is 4.99 Å². The van der Waals surface area contributed by atoms with Gasteiger partial charge < -0.3 is 20.3 Å². The Morgan fingerprint density at radius 2 is 1.76 bits per heavy atom. The Morgan fingerprint density at radius 1 is 1.07 bits per heavy atom. The average molecular weight is 508 g/mol. The summed E-state index contributed by atoms with van der Waals surface area (Å²) in [5.41, 5.74) is 1.16. The highest BCUT2D eigenvalue weighted by molar-refractivity contribution is 14.0. The van der Waals surface area contributed by atoms with Gasteiger partial charge in [0, 0.05) is 38.8 Å². The minimum absolute atomic E-state index is 0. The Labute approximate surface area is 192 Å². The summed E-state index contributed by atoms with van der Waals surface area (Å²) in [5.74, 6) is 2.55. The fourth-order valence-electron chi connectivity index (χ4n) is 3.48. The molecule has 5 nitrogen and oxygen atoms in total. The van der Waals surface area contributed by atoms with Crippen LogP contribution in [0.4, 0.5) is 0 Å². The molecule has 0 aliphatic carbocycles. The molecule has 0 unspecified atom stereocenters. The molecule has 1 fully saturated rings. The van der Waals surface area contributed by atoms with E-state index >= 15 is 0 Å². The number of ether oxygens (including phenoxy) is 1. The number of aliphatic imine (C=N–C) groups is 1. The van der Waals surface area contributed by atoms with E-state index in [-0.39, 0.29) is 24.0 Å². The maximum atomic E-state index is 5.92. The van der Waals surface area contributed by atoms with Crippen molar-refractivity contribution in [2.45, 2.75) is 45.3 Å². The lowest BCUT2D eigenvalue weighted by Crippen LogP contribution is -2.49. The third-order valence-corrected chi connectivity index (χ3v) is 5.16. The standard InChI is InChI=1S/C23H32N4O.HI/c1-18(2)27-14-12-20(13-15-27)26-23(24-3)25-17-19-8-7-11-22(16-19)28-21-9-5-4-6-10-21;/h4-11,16,18,20H,12-15,17H2,1-3H3,(H2,24,25,26);1H. The van der Waals surface area contributed by atoms with Gasteiger partial charge in [0.1, 0.15) is 11.5 Å². The first-order valence-electron chi connectivity index (χ1n) is 10.2. The number of piperidine rings is 1. The maximum Gasteiger partial charge on any atom is 0.191 e. The highest BCUT2D eigenvalue weighted by Crippen LogP contribution is 2.21. The van der Waals surface area contributed by atoms with E-state index < -0.39 is 0 Å². The van der Waals surface area contributed by atoms with Crippen molar-refractivity contribution in [3.8, 4) is 11.5 Å². The zero-order valence-electron chi connectivity index (χ0n) is 17.6. The molecule has 0 atom stereocenters. The first kappa shape index (κ1) is 23.5. The Balaban J connectivity index is 0.00000300. The molecular formula is C23H33IN4O. The normalized spacial score (nSPS) is 15.7. The second-order valence-electron chi connectivity index (χ2n) is 7.54. The summed E-state index contributed by atoms with van der Waals surface area (Å²) in [4.78, 5) is 6.93. The molecule has 1 saturated heterocycles. The highest BCUT2D eigenvalue weighted by atomic mass is 127. The molecule has 3 rings (SSSR count). The molecule has 6 heteroatoms. The molecule has 0 radical (unpaired) electrons. The highest BCUT2D eigenvalue weighted by Gasteiger charge is 2.21. The number of benzene rings is 2. The zero-order valence-corrected chi connectivity index (χ0v) is 19.9. The SMILES string of the molecule is CN=C(NCc1cccc(Oc2ccccc2)c1)NC1CCN(C(C)C)CC1.I. The third kappa shape index (κ3) is 7.51. The minimum Gasteiger partial charge on any atom is -0.457 e. The van der Waals surface area contributed by atoms with Crippen LogP contribution < -0.4 is 15.4 Å². The molecule has 2 aromatic carbocycles. The fourth-order valence-corrected chi connectivity index (χ4v) is 3.48. The summed E-state index contributed by atoms with van der Waals surface area (Å²) in [6, 6.07) is 19.1. The van der Waals surface area contributed by atoms with Crippen molar-refractivity contribution in [1.82, 2.24) is 15.5 Å². The molecule has 2 aromatic rings. The number of guanidine groups is 1. The molecule has 158 valence electrons. The monoisotopic (exact) mass is 508 g/mol. The molecule has 0 amide bonds. The number of nitrogens with one attached hydrogen (secondary N) is 2. The number of likely N-dealkylation sites (tertiary alicyclic amines) is 1. The van der Waals surface area contributed by atoms with Gasteiger partial charge >= 0.3 is 0 Å². The predicted molar refractivity (Wildman–Crippen MR) is 131 cm³/mol. The Morgan fingerprint density at radius 3 is 2.41 bits per heavy atom. The molecule has 1 heterocycles. The molecule has 2 N–H and O–H groups in total. The topological polar surface area (TPSA) is 48.9 Å². The second kappa shape index (κ2) is 12.0. The largest absolute Gasteiger partial charge is 0.457 e. The van der Waals surface area contributed by atoms with Crippen LogP contribution in [0.2, 0.25) is 0 Å². The van der Waals surface area contributed by atoms with E-state index in [0.29, 0.717) is 18.6 Å². The molecule has 29 heavy (non-hydrogen) atoms. The van der Waals surface area contributed by atoms with E-state index in [1.165, 1.54) is 0 Å². The van der Waals surface area contributed by atoms with E-state index in [0.717, 1.165) is 49.0 Å². The van der Waals surface area contributed by atoms with Crippen molar-refractivity contribution >= 4 is 29.9 Å². The lowest BCUT2D eigenvalue weighted by atomic mass is 10.0. The van der Waals surface area contributed by atoms with E-state index in [9.17, 15) is 0 Å². The van der Waals surface area contributed by atoms with Gasteiger partial charge in [0.25, 0.3) is 0 Å². The number of rotatable bonds is 6. The minimum atomic E-state index is 0. The number of hydrogen-bond acceptors (Lipinski definition) is 3. The van der Waals surface area contributed by atoms with E-state index in [1.807, 2.05) is 49.5 Å². The van der Waals surface area contributed by atoms with Crippen LogP contribution in [0.1, 0.15) is 32.3 Å². The van der Waals surface area contributed by atoms with E-state index in [2.05, 4.69) is 46.5 Å². The van der Waals surface area contributed by atoms with Crippen molar-refractivity contribution in [1.29, 1.82) is 0 Å². The van der Waals surface area contributed by atoms with Crippen LogP contribution in [0.3, 0.4) is 0 Å². The predicted octanol–water partition coefficient (Wildman–Crippen LogP) is 4.63. The third-order valence-electron chi connectivity index (χ3n) is 5.16. The van der Waals surface area contributed by atoms with Crippen molar-refractivity contribution < 1.29 is 4.74 Å². The molecular weight excluding hydrogens is 475 g/mol. The van der Waals surface area contributed by atoms with Gasteiger partial charge in [-0.2, -0.15) is 0 Å². The summed E-state index contributed by atoms with van der Waals surface area (Å²) in [6.07, 6.45) is 2.30. The Bertz CT molecular complexity index is 758. The van der Waals surface area contributed by atoms with Crippen molar-refractivity contribution in [3.63, 3.8) is 0 Å². The van der Waals surface area contributed by atoms with E-state index in [1.54, 1.807) is 0 Å². The quantitative estimate of drug-likeness (QED) is 0.339. The van der Waals surface area contributed by atoms with Crippen LogP contribution in [0, 0.1) is 0 Å². The maximum absolute atomic E-state index is 5.92. The van der Waals surface area contributed by atoms with Gasteiger partial charge in [0.05, 0.1) is 0 Å². The first-order valence-corrected chi connectivity index (χ1v) is 10.2. The molecule has 0 bridgehead atoms. The van der Waals surface area contributed by atoms with Gasteiger partial charge in [0.2, 0.25) is 0 Å². The Hall–Kier alpha value is -1.80. The number of para-hydroxylation sites is 1.